The molecule has 0 saturated carbocycles. The van der Waals surface area contributed by atoms with Crippen molar-refractivity contribution in [2.75, 3.05) is 39.8 Å². The molecule has 0 aromatic heterocycles. The minimum absolute atomic E-state index is 0.274. The van der Waals surface area contributed by atoms with Gasteiger partial charge in [-0.3, -0.25) is 4.90 Å². The third-order valence-electron chi connectivity index (χ3n) is 3.55. The summed E-state index contributed by atoms with van der Waals surface area (Å²) < 4.78 is 37.1. The van der Waals surface area contributed by atoms with Crippen LogP contribution in [0.3, 0.4) is 0 Å². The Balaban J connectivity index is 2.36. The zero-order chi connectivity index (χ0) is 13.6. The second-order valence-corrected chi connectivity index (χ2v) is 5.10. The lowest BCUT2D eigenvalue weighted by molar-refractivity contribution is -0.146. The lowest BCUT2D eigenvalue weighted by atomic mass is 10.00. The van der Waals surface area contributed by atoms with E-state index in [1.165, 1.54) is 17.7 Å². The average molecular weight is 267 g/mol. The topological polar surface area (TPSA) is 32.5 Å². The number of rotatable bonds is 6. The molecule has 1 rings (SSSR count). The first-order chi connectivity index (χ1) is 8.42. The van der Waals surface area contributed by atoms with E-state index >= 15 is 0 Å². The molecular formula is C12H24F3N3. The third-order valence-corrected chi connectivity index (χ3v) is 3.55. The van der Waals surface area contributed by atoms with E-state index in [9.17, 15) is 13.2 Å². The second-order valence-electron chi connectivity index (χ2n) is 5.10. The molecule has 0 aromatic carbocycles. The normalized spacial score (nSPS) is 22.7. The molecule has 0 spiro atoms. The van der Waals surface area contributed by atoms with Crippen LogP contribution in [0.25, 0.3) is 0 Å². The Kier molecular flexibility index (Phi) is 6.38. The first kappa shape index (κ1) is 15.7. The van der Waals surface area contributed by atoms with Gasteiger partial charge in [-0.2, -0.15) is 13.2 Å². The van der Waals surface area contributed by atoms with Gasteiger partial charge in [-0.05, 0) is 32.9 Å². The molecule has 0 amide bonds. The molecule has 1 aliphatic heterocycles. The Hall–Kier alpha value is -0.330. The van der Waals surface area contributed by atoms with E-state index in [0.717, 1.165) is 19.4 Å². The first-order valence-corrected chi connectivity index (χ1v) is 6.62. The smallest absolute Gasteiger partial charge is 0.329 e. The number of halogens is 3. The summed E-state index contributed by atoms with van der Waals surface area (Å²) in [5, 5.41) is 0. The monoisotopic (exact) mass is 267 g/mol. The van der Waals surface area contributed by atoms with Gasteiger partial charge in [0.1, 0.15) is 0 Å². The lowest BCUT2D eigenvalue weighted by Gasteiger charge is -2.34. The second kappa shape index (κ2) is 7.31. The van der Waals surface area contributed by atoms with Gasteiger partial charge in [-0.25, -0.2) is 0 Å². The van der Waals surface area contributed by atoms with Gasteiger partial charge in [-0.1, -0.05) is 6.42 Å². The van der Waals surface area contributed by atoms with Crippen molar-refractivity contribution in [2.45, 2.75) is 37.9 Å². The Bertz CT molecular complexity index is 233. The van der Waals surface area contributed by atoms with Crippen LogP contribution < -0.4 is 5.73 Å². The van der Waals surface area contributed by atoms with Gasteiger partial charge in [0.25, 0.3) is 0 Å². The molecule has 1 saturated heterocycles. The van der Waals surface area contributed by atoms with Gasteiger partial charge in [0, 0.05) is 25.7 Å². The fraction of sp³-hybridized carbons (Fsp3) is 1.00. The summed E-state index contributed by atoms with van der Waals surface area (Å²) in [6.45, 7) is 1.28. The van der Waals surface area contributed by atoms with Gasteiger partial charge < -0.3 is 10.6 Å². The van der Waals surface area contributed by atoms with Crippen molar-refractivity contribution in [1.82, 2.24) is 9.80 Å². The van der Waals surface area contributed by atoms with E-state index in [-0.39, 0.29) is 6.54 Å². The van der Waals surface area contributed by atoms with Crippen LogP contribution in [0.2, 0.25) is 0 Å². The van der Waals surface area contributed by atoms with Crippen molar-refractivity contribution >= 4 is 0 Å². The summed E-state index contributed by atoms with van der Waals surface area (Å²) in [5.74, 6) is 0. The van der Waals surface area contributed by atoms with Gasteiger partial charge in [0.05, 0.1) is 6.54 Å². The largest absolute Gasteiger partial charge is 0.401 e. The SMILES string of the molecule is CN1CCCCC1CCN(CCN)CC(F)(F)F. The van der Waals surface area contributed by atoms with Gasteiger partial charge in [-0.15, -0.1) is 0 Å². The third kappa shape index (κ3) is 6.02. The molecule has 0 radical (unpaired) electrons. The maximum atomic E-state index is 12.4. The highest BCUT2D eigenvalue weighted by Crippen LogP contribution is 2.20. The Morgan fingerprint density at radius 2 is 2.00 bits per heavy atom. The zero-order valence-electron chi connectivity index (χ0n) is 11.0. The number of nitrogens with zero attached hydrogens (tertiary/aromatic N) is 2. The summed E-state index contributed by atoms with van der Waals surface area (Å²) in [5.41, 5.74) is 5.36. The molecule has 3 nitrogen and oxygen atoms in total. The maximum absolute atomic E-state index is 12.4. The highest BCUT2D eigenvalue weighted by Gasteiger charge is 2.30. The maximum Gasteiger partial charge on any atom is 0.401 e. The van der Waals surface area contributed by atoms with Crippen LogP contribution in [0.1, 0.15) is 25.7 Å². The van der Waals surface area contributed by atoms with Crippen molar-refractivity contribution in [3.8, 4) is 0 Å². The van der Waals surface area contributed by atoms with Gasteiger partial charge in [0.2, 0.25) is 0 Å². The number of hydrogen-bond donors (Lipinski definition) is 1. The summed E-state index contributed by atoms with van der Waals surface area (Å²) in [6.07, 6.45) is 0.145. The highest BCUT2D eigenvalue weighted by atomic mass is 19.4. The molecule has 0 bridgehead atoms. The van der Waals surface area contributed by atoms with E-state index in [1.54, 1.807) is 0 Å². The standard InChI is InChI=1S/C12H24F3N3/c1-17-7-3-2-4-11(17)5-8-18(9-6-16)10-12(13,14)15/h11H,2-10,16H2,1H3. The van der Waals surface area contributed by atoms with Crippen molar-refractivity contribution in [3.05, 3.63) is 0 Å². The molecule has 108 valence electrons. The van der Waals surface area contributed by atoms with E-state index in [0.29, 0.717) is 19.1 Å². The molecule has 1 fully saturated rings. The van der Waals surface area contributed by atoms with E-state index in [4.69, 9.17) is 5.73 Å². The van der Waals surface area contributed by atoms with Gasteiger partial charge >= 0.3 is 6.18 Å². The molecule has 2 N–H and O–H groups in total. The number of likely N-dealkylation sites (tertiary alicyclic amines) is 1. The van der Waals surface area contributed by atoms with Crippen LogP contribution in [0, 0.1) is 0 Å². The van der Waals surface area contributed by atoms with E-state index < -0.39 is 12.7 Å². The highest BCUT2D eigenvalue weighted by molar-refractivity contribution is 4.76. The summed E-state index contributed by atoms with van der Waals surface area (Å²) >= 11 is 0. The minimum Gasteiger partial charge on any atom is -0.329 e. The van der Waals surface area contributed by atoms with Crippen LogP contribution in [0.15, 0.2) is 0 Å². The molecule has 1 unspecified atom stereocenters. The molecule has 1 aliphatic rings. The quantitative estimate of drug-likeness (QED) is 0.795. The van der Waals surface area contributed by atoms with Crippen LogP contribution in [-0.4, -0.2) is 61.8 Å². The molecule has 18 heavy (non-hydrogen) atoms. The molecular weight excluding hydrogens is 243 g/mol. The summed E-state index contributed by atoms with van der Waals surface area (Å²) in [7, 11) is 2.06. The Morgan fingerprint density at radius 1 is 1.28 bits per heavy atom. The van der Waals surface area contributed by atoms with Gasteiger partial charge in [0.15, 0.2) is 0 Å². The fourth-order valence-electron chi connectivity index (χ4n) is 2.55. The number of alkyl halides is 3. The summed E-state index contributed by atoms with van der Waals surface area (Å²) in [4.78, 5) is 3.68. The van der Waals surface area contributed by atoms with Crippen LogP contribution in [-0.2, 0) is 0 Å². The van der Waals surface area contributed by atoms with Crippen LogP contribution in [0.4, 0.5) is 13.2 Å². The predicted octanol–water partition coefficient (Wildman–Crippen LogP) is 1.68. The van der Waals surface area contributed by atoms with Crippen molar-refractivity contribution in [1.29, 1.82) is 0 Å². The summed E-state index contributed by atoms with van der Waals surface area (Å²) in [6, 6.07) is 0.423. The fourth-order valence-corrected chi connectivity index (χ4v) is 2.55. The van der Waals surface area contributed by atoms with E-state index in [2.05, 4.69) is 11.9 Å². The molecule has 1 heterocycles. The lowest BCUT2D eigenvalue weighted by Crippen LogP contribution is -2.42. The molecule has 6 heteroatoms. The number of hydrogen-bond acceptors (Lipinski definition) is 3. The van der Waals surface area contributed by atoms with Crippen LogP contribution in [0.5, 0.6) is 0 Å². The zero-order valence-corrected chi connectivity index (χ0v) is 11.0. The first-order valence-electron chi connectivity index (χ1n) is 6.62. The Labute approximate surface area is 107 Å². The molecule has 0 aliphatic carbocycles. The molecule has 0 aromatic rings. The van der Waals surface area contributed by atoms with Crippen LogP contribution >= 0.6 is 0 Å². The average Bonchev–Trinajstić information content (AvgIpc) is 2.26. The Morgan fingerprint density at radius 3 is 2.56 bits per heavy atom. The van der Waals surface area contributed by atoms with E-state index in [1.807, 2.05) is 0 Å². The van der Waals surface area contributed by atoms with Crippen molar-refractivity contribution in [3.63, 3.8) is 0 Å². The molecule has 1 atom stereocenters. The number of nitrogens with two attached hydrogens (primary N) is 1. The van der Waals surface area contributed by atoms with Crippen molar-refractivity contribution in [2.24, 2.45) is 5.73 Å². The minimum atomic E-state index is -4.13. The van der Waals surface area contributed by atoms with Crippen molar-refractivity contribution < 1.29 is 13.2 Å². The predicted molar refractivity (Wildman–Crippen MR) is 66.4 cm³/mol. The number of piperidine rings is 1.